The maximum Gasteiger partial charge on any atom is 0.414 e. The first-order valence-corrected chi connectivity index (χ1v) is 17.0. The van der Waals surface area contributed by atoms with Crippen LogP contribution in [0.15, 0.2) is 24.5 Å². The Labute approximate surface area is 293 Å². The zero-order valence-corrected chi connectivity index (χ0v) is 29.7. The number of anilines is 2. The number of halogens is 1. The summed E-state index contributed by atoms with van der Waals surface area (Å²) in [6.45, 7) is 11.9. The molecule has 2 saturated carbocycles. The number of aliphatic hydroxyl groups is 1. The van der Waals surface area contributed by atoms with E-state index < -0.39 is 29.2 Å². The summed E-state index contributed by atoms with van der Waals surface area (Å²) in [5.41, 5.74) is -0.487. The Bertz CT molecular complexity index is 1980. The Hall–Kier alpha value is -4.99. The molecule has 51 heavy (non-hydrogen) atoms. The predicted octanol–water partition coefficient (Wildman–Crippen LogP) is 5.60. The van der Waals surface area contributed by atoms with Crippen LogP contribution >= 0.6 is 0 Å². The maximum absolute atomic E-state index is 15.3. The van der Waals surface area contributed by atoms with Crippen molar-refractivity contribution in [3.8, 4) is 17.8 Å². The first-order valence-electron chi connectivity index (χ1n) is 17.0. The molecule has 0 radical (unpaired) electrons. The van der Waals surface area contributed by atoms with Crippen LogP contribution in [0.1, 0.15) is 67.2 Å². The number of fused-ring (bicyclic) bond motifs is 3. The largest absolute Gasteiger partial charge is 0.460 e. The Balaban J connectivity index is 1.22. The van der Waals surface area contributed by atoms with Gasteiger partial charge in [-0.1, -0.05) is 0 Å². The van der Waals surface area contributed by atoms with Crippen molar-refractivity contribution in [2.45, 2.75) is 96.7 Å². The standard InChI is InChI=1S/C35H43FN8O7/c1-33(2,3)50-31(46)39-24-8-9-35(24)16-44(17-35)28-25-22-10-18(36)11-23(43(7)32(47)51-34(4,5)6)26(22)40-27(25)41-30(42-28)49-21-14-37-29(38-15-21)48-20-12-19(45)13-20/h10-11,14-15,19-20,24,45H,8-9,12-13,16-17H2,1-7H3,(H,39,46)(H,40,41,42)/t19?,20?,24-/m1/s1. The second kappa shape index (κ2) is 12.4. The molecule has 4 aromatic rings. The average molecular weight is 707 g/mol. The minimum Gasteiger partial charge on any atom is -0.460 e. The SMILES string of the molecule is CN(C(=O)OC(C)(C)C)c1cc(F)cc2c1[nH]c1nc(Oc3cnc(OC4CC(O)C4)nc3)nc(N3CC4(CC[C@H]4NC(=O)OC(C)(C)C)C3)c12. The van der Waals surface area contributed by atoms with Crippen molar-refractivity contribution in [1.82, 2.24) is 30.2 Å². The van der Waals surface area contributed by atoms with E-state index in [0.717, 1.165) is 12.8 Å². The highest BCUT2D eigenvalue weighted by Crippen LogP contribution is 2.51. The molecule has 3 aliphatic rings. The fraction of sp³-hybridized carbons (Fsp3) is 0.543. The zero-order chi connectivity index (χ0) is 36.5. The lowest BCUT2D eigenvalue weighted by atomic mass is 9.59. The first kappa shape index (κ1) is 34.5. The summed E-state index contributed by atoms with van der Waals surface area (Å²) in [5, 5.41) is 13.6. The molecule has 7 rings (SSSR count). The summed E-state index contributed by atoms with van der Waals surface area (Å²) in [5.74, 6) is 0.196. The van der Waals surface area contributed by atoms with Crippen LogP contribution in [0.2, 0.25) is 0 Å². The van der Waals surface area contributed by atoms with Gasteiger partial charge in [-0.15, -0.1) is 0 Å². The van der Waals surface area contributed by atoms with Gasteiger partial charge in [0.2, 0.25) is 0 Å². The molecule has 4 heterocycles. The number of nitrogens with one attached hydrogen (secondary N) is 2. The molecule has 1 atom stereocenters. The molecule has 3 N–H and O–H groups in total. The lowest BCUT2D eigenvalue weighted by Crippen LogP contribution is -2.71. The van der Waals surface area contributed by atoms with Crippen molar-refractivity contribution < 1.29 is 38.0 Å². The third kappa shape index (κ3) is 7.01. The van der Waals surface area contributed by atoms with E-state index in [4.69, 9.17) is 23.9 Å². The maximum atomic E-state index is 15.3. The molecule has 272 valence electrons. The van der Waals surface area contributed by atoms with Gasteiger partial charge in [-0.3, -0.25) is 4.90 Å². The van der Waals surface area contributed by atoms with Gasteiger partial charge in [0, 0.05) is 49.8 Å². The Morgan fingerprint density at radius 2 is 1.73 bits per heavy atom. The number of alkyl carbamates (subject to hydrolysis) is 1. The first-order chi connectivity index (χ1) is 23.9. The van der Waals surface area contributed by atoms with Gasteiger partial charge in [0.15, 0.2) is 5.75 Å². The Morgan fingerprint density at radius 3 is 2.33 bits per heavy atom. The number of rotatable bonds is 7. The Morgan fingerprint density at radius 1 is 1.04 bits per heavy atom. The van der Waals surface area contributed by atoms with E-state index in [1.54, 1.807) is 20.8 Å². The summed E-state index contributed by atoms with van der Waals surface area (Å²) in [6.07, 6.45) is 4.05. The van der Waals surface area contributed by atoms with Gasteiger partial charge in [-0.25, -0.2) is 14.0 Å². The zero-order valence-electron chi connectivity index (χ0n) is 29.7. The topological polar surface area (TPSA) is 177 Å². The highest BCUT2D eigenvalue weighted by molar-refractivity contribution is 6.16. The van der Waals surface area contributed by atoms with Gasteiger partial charge in [0.05, 0.1) is 35.1 Å². The highest BCUT2D eigenvalue weighted by Gasteiger charge is 2.56. The summed E-state index contributed by atoms with van der Waals surface area (Å²) in [4.78, 5) is 50.2. The van der Waals surface area contributed by atoms with E-state index in [2.05, 4.69) is 30.2 Å². The number of ether oxygens (including phenoxy) is 4. The van der Waals surface area contributed by atoms with Crippen LogP contribution in [0, 0.1) is 11.2 Å². The van der Waals surface area contributed by atoms with Crippen molar-refractivity contribution in [1.29, 1.82) is 0 Å². The van der Waals surface area contributed by atoms with Crippen molar-refractivity contribution in [2.75, 3.05) is 29.9 Å². The van der Waals surface area contributed by atoms with Gasteiger partial charge >= 0.3 is 24.2 Å². The van der Waals surface area contributed by atoms with Crippen LogP contribution in [0.5, 0.6) is 17.8 Å². The lowest BCUT2D eigenvalue weighted by molar-refractivity contribution is -0.0151. The van der Waals surface area contributed by atoms with Crippen molar-refractivity contribution in [3.05, 3.63) is 30.3 Å². The van der Waals surface area contributed by atoms with Crippen LogP contribution in [0.3, 0.4) is 0 Å². The van der Waals surface area contributed by atoms with Crippen LogP contribution in [-0.4, -0.2) is 91.8 Å². The molecule has 3 aromatic heterocycles. The van der Waals surface area contributed by atoms with E-state index in [9.17, 15) is 14.7 Å². The quantitative estimate of drug-likeness (QED) is 0.217. The van der Waals surface area contributed by atoms with E-state index in [0.29, 0.717) is 53.7 Å². The normalized spacial score (nSPS) is 21.0. The number of amides is 2. The number of benzene rings is 1. The van der Waals surface area contributed by atoms with Crippen LogP contribution in [0.4, 0.5) is 25.5 Å². The number of carbonyl (C=O) groups excluding carboxylic acids is 2. The minimum atomic E-state index is -0.762. The number of H-pyrrole nitrogens is 1. The molecule has 0 unspecified atom stereocenters. The molecule has 16 heteroatoms. The highest BCUT2D eigenvalue weighted by atomic mass is 19.1. The van der Waals surface area contributed by atoms with Gasteiger partial charge in [-0.2, -0.15) is 19.9 Å². The van der Waals surface area contributed by atoms with Crippen LogP contribution < -0.4 is 24.6 Å². The van der Waals surface area contributed by atoms with E-state index in [1.165, 1.54) is 36.5 Å². The average Bonchev–Trinajstić information content (AvgIpc) is 3.34. The molecule has 0 bridgehead atoms. The number of aliphatic hydroxyl groups excluding tert-OH is 1. The third-order valence-electron chi connectivity index (χ3n) is 9.32. The summed E-state index contributed by atoms with van der Waals surface area (Å²) < 4.78 is 38.1. The second-order valence-electron chi connectivity index (χ2n) is 15.7. The number of hydrogen-bond acceptors (Lipinski definition) is 12. The number of aromatic nitrogens is 5. The fourth-order valence-corrected chi connectivity index (χ4v) is 6.70. The van der Waals surface area contributed by atoms with Gasteiger partial charge in [0.1, 0.15) is 34.6 Å². The molecular weight excluding hydrogens is 663 g/mol. The van der Waals surface area contributed by atoms with E-state index in [-0.39, 0.29) is 47.1 Å². The van der Waals surface area contributed by atoms with Gasteiger partial charge in [0.25, 0.3) is 0 Å². The second-order valence-corrected chi connectivity index (χ2v) is 15.7. The number of carbonyl (C=O) groups is 2. The molecule has 1 aromatic carbocycles. The fourth-order valence-electron chi connectivity index (χ4n) is 6.70. The van der Waals surface area contributed by atoms with E-state index >= 15 is 4.39 Å². The molecule has 1 aliphatic heterocycles. The molecule has 15 nitrogen and oxygen atoms in total. The molecule has 2 amide bonds. The van der Waals surface area contributed by atoms with Crippen molar-refractivity contribution in [3.63, 3.8) is 0 Å². The lowest BCUT2D eigenvalue weighted by Gasteiger charge is -2.60. The summed E-state index contributed by atoms with van der Waals surface area (Å²) >= 11 is 0. The van der Waals surface area contributed by atoms with Crippen molar-refractivity contribution >= 4 is 45.6 Å². The molecule has 1 spiro atoms. The Kier molecular flexibility index (Phi) is 8.35. The third-order valence-corrected chi connectivity index (χ3v) is 9.32. The van der Waals surface area contributed by atoms with E-state index in [1.807, 2.05) is 20.8 Å². The smallest absolute Gasteiger partial charge is 0.414 e. The van der Waals surface area contributed by atoms with Gasteiger partial charge < -0.3 is 39.3 Å². The molecule has 1 saturated heterocycles. The summed E-state index contributed by atoms with van der Waals surface area (Å²) in [6, 6.07) is 2.72. The molecular formula is C35H43FN8O7. The molecule has 2 aliphatic carbocycles. The number of aromatic amines is 1. The monoisotopic (exact) mass is 706 g/mol. The van der Waals surface area contributed by atoms with Crippen LogP contribution in [-0.2, 0) is 9.47 Å². The van der Waals surface area contributed by atoms with Gasteiger partial charge in [-0.05, 0) is 66.5 Å². The predicted molar refractivity (Wildman–Crippen MR) is 185 cm³/mol. The van der Waals surface area contributed by atoms with Crippen molar-refractivity contribution in [2.24, 2.45) is 5.41 Å². The number of nitrogens with zero attached hydrogens (tertiary/aromatic N) is 6. The van der Waals surface area contributed by atoms with Crippen LogP contribution in [0.25, 0.3) is 21.9 Å². The number of hydrogen-bond donors (Lipinski definition) is 3. The minimum absolute atomic E-state index is 0.0102. The summed E-state index contributed by atoms with van der Waals surface area (Å²) in [7, 11) is 1.52. The molecule has 3 fully saturated rings.